The summed E-state index contributed by atoms with van der Waals surface area (Å²) in [5.74, 6) is -0.197. The fourth-order valence-electron chi connectivity index (χ4n) is 2.20. The first-order valence-corrected chi connectivity index (χ1v) is 6.59. The molecule has 0 saturated carbocycles. The van der Waals surface area contributed by atoms with E-state index in [9.17, 15) is 4.39 Å². The largest absolute Gasteiger partial charge is 0.309 e. The van der Waals surface area contributed by atoms with Gasteiger partial charge in [-0.3, -0.25) is 4.98 Å². The molecular weight excluding hydrogens is 251 g/mol. The van der Waals surface area contributed by atoms with Gasteiger partial charge in [0.05, 0.1) is 0 Å². The minimum atomic E-state index is -0.197. The zero-order valence-corrected chi connectivity index (χ0v) is 11.0. The van der Waals surface area contributed by atoms with Crippen LogP contribution in [0.1, 0.15) is 11.1 Å². The Kier molecular flexibility index (Phi) is 3.70. The van der Waals surface area contributed by atoms with Gasteiger partial charge in [0, 0.05) is 30.9 Å². The maximum absolute atomic E-state index is 12.8. The van der Waals surface area contributed by atoms with Gasteiger partial charge in [0.15, 0.2) is 0 Å². The van der Waals surface area contributed by atoms with Gasteiger partial charge in [-0.1, -0.05) is 24.3 Å². The summed E-state index contributed by atoms with van der Waals surface area (Å²) in [4.78, 5) is 4.11. The molecule has 0 saturated heterocycles. The lowest BCUT2D eigenvalue weighted by Gasteiger charge is -2.06. The van der Waals surface area contributed by atoms with Gasteiger partial charge in [-0.05, 0) is 40.8 Å². The topological polar surface area (TPSA) is 24.9 Å². The molecule has 3 heteroatoms. The Balaban J connectivity index is 1.63. The Morgan fingerprint density at radius 2 is 1.60 bits per heavy atom. The number of pyridine rings is 1. The number of nitrogens with one attached hydrogen (secondary N) is 1. The molecule has 1 N–H and O–H groups in total. The number of nitrogens with zero attached hydrogens (tertiary/aromatic N) is 1. The number of hydrogen-bond acceptors (Lipinski definition) is 2. The highest BCUT2D eigenvalue weighted by atomic mass is 19.1. The van der Waals surface area contributed by atoms with E-state index < -0.39 is 0 Å². The van der Waals surface area contributed by atoms with Crippen molar-refractivity contribution >= 4 is 10.8 Å². The normalized spacial score (nSPS) is 10.8. The molecule has 2 aromatic carbocycles. The molecule has 3 rings (SSSR count). The van der Waals surface area contributed by atoms with Crippen LogP contribution < -0.4 is 5.32 Å². The smallest absolute Gasteiger partial charge is 0.123 e. The molecule has 0 bridgehead atoms. The second-order valence-electron chi connectivity index (χ2n) is 4.79. The molecule has 0 aliphatic rings. The lowest BCUT2D eigenvalue weighted by Crippen LogP contribution is -2.12. The first kappa shape index (κ1) is 12.8. The van der Waals surface area contributed by atoms with Crippen LogP contribution in [0.15, 0.2) is 60.9 Å². The second kappa shape index (κ2) is 5.80. The molecule has 1 aromatic heterocycles. The molecule has 2 nitrogen and oxygen atoms in total. The molecule has 0 aliphatic heterocycles. The summed E-state index contributed by atoms with van der Waals surface area (Å²) in [6, 6.07) is 14.9. The van der Waals surface area contributed by atoms with Crippen molar-refractivity contribution in [2.75, 3.05) is 0 Å². The Labute approximate surface area is 117 Å². The van der Waals surface area contributed by atoms with E-state index in [0.717, 1.165) is 24.0 Å². The summed E-state index contributed by atoms with van der Waals surface area (Å²) in [5, 5.41) is 5.71. The van der Waals surface area contributed by atoms with E-state index in [1.807, 2.05) is 12.3 Å². The predicted molar refractivity (Wildman–Crippen MR) is 78.7 cm³/mol. The summed E-state index contributed by atoms with van der Waals surface area (Å²) < 4.78 is 12.8. The van der Waals surface area contributed by atoms with E-state index >= 15 is 0 Å². The average Bonchev–Trinajstić information content (AvgIpc) is 2.49. The maximum Gasteiger partial charge on any atom is 0.123 e. The van der Waals surface area contributed by atoms with Gasteiger partial charge >= 0.3 is 0 Å². The van der Waals surface area contributed by atoms with Crippen molar-refractivity contribution in [3.8, 4) is 0 Å². The Bertz CT molecular complexity index is 708. The first-order valence-electron chi connectivity index (χ1n) is 6.59. The Morgan fingerprint density at radius 3 is 2.45 bits per heavy atom. The molecular formula is C17H15FN2. The third kappa shape index (κ3) is 3.00. The molecule has 0 unspecified atom stereocenters. The van der Waals surface area contributed by atoms with Gasteiger partial charge in [-0.2, -0.15) is 0 Å². The summed E-state index contributed by atoms with van der Waals surface area (Å²) in [6.07, 6.45) is 3.67. The van der Waals surface area contributed by atoms with E-state index in [2.05, 4.69) is 28.5 Å². The zero-order chi connectivity index (χ0) is 13.8. The molecule has 100 valence electrons. The van der Waals surface area contributed by atoms with Crippen LogP contribution in [0.5, 0.6) is 0 Å². The molecule has 20 heavy (non-hydrogen) atoms. The maximum atomic E-state index is 12.8. The van der Waals surface area contributed by atoms with Gasteiger partial charge in [-0.15, -0.1) is 0 Å². The fraction of sp³-hybridized carbons (Fsp3) is 0.118. The van der Waals surface area contributed by atoms with Gasteiger partial charge in [-0.25, -0.2) is 4.39 Å². The number of benzene rings is 2. The van der Waals surface area contributed by atoms with Crippen LogP contribution in [-0.4, -0.2) is 4.98 Å². The van der Waals surface area contributed by atoms with Crippen molar-refractivity contribution in [3.63, 3.8) is 0 Å². The van der Waals surface area contributed by atoms with Crippen molar-refractivity contribution in [1.29, 1.82) is 0 Å². The lowest BCUT2D eigenvalue weighted by atomic mass is 10.1. The number of fused-ring (bicyclic) bond motifs is 1. The van der Waals surface area contributed by atoms with E-state index in [1.54, 1.807) is 18.3 Å². The fourth-order valence-corrected chi connectivity index (χ4v) is 2.20. The highest BCUT2D eigenvalue weighted by Gasteiger charge is 1.98. The van der Waals surface area contributed by atoms with Crippen LogP contribution in [0, 0.1) is 5.82 Å². The highest BCUT2D eigenvalue weighted by Crippen LogP contribution is 2.14. The van der Waals surface area contributed by atoms with Gasteiger partial charge in [0.2, 0.25) is 0 Å². The van der Waals surface area contributed by atoms with E-state index in [1.165, 1.54) is 23.1 Å². The van der Waals surface area contributed by atoms with Crippen molar-refractivity contribution < 1.29 is 4.39 Å². The molecule has 0 atom stereocenters. The molecule has 1 heterocycles. The second-order valence-corrected chi connectivity index (χ2v) is 4.79. The monoisotopic (exact) mass is 266 g/mol. The lowest BCUT2D eigenvalue weighted by molar-refractivity contribution is 0.625. The van der Waals surface area contributed by atoms with E-state index in [4.69, 9.17) is 0 Å². The number of hydrogen-bond donors (Lipinski definition) is 1. The van der Waals surface area contributed by atoms with Crippen LogP contribution in [0.2, 0.25) is 0 Å². The first-order chi connectivity index (χ1) is 9.81. The zero-order valence-electron chi connectivity index (χ0n) is 11.0. The molecule has 0 radical (unpaired) electrons. The number of rotatable bonds is 4. The van der Waals surface area contributed by atoms with E-state index in [-0.39, 0.29) is 5.82 Å². The van der Waals surface area contributed by atoms with Gasteiger partial charge in [0.25, 0.3) is 0 Å². The van der Waals surface area contributed by atoms with Crippen LogP contribution in [-0.2, 0) is 13.1 Å². The Hall–Kier alpha value is -2.26. The summed E-state index contributed by atoms with van der Waals surface area (Å²) in [7, 11) is 0. The minimum absolute atomic E-state index is 0.197. The van der Waals surface area contributed by atoms with Crippen LogP contribution >= 0.6 is 0 Å². The molecule has 0 fully saturated rings. The SMILES string of the molecule is Fc1ccc(CNCc2ccc3cnccc3c2)cc1. The van der Waals surface area contributed by atoms with Gasteiger partial charge < -0.3 is 5.32 Å². The molecule has 3 aromatic rings. The summed E-state index contributed by atoms with van der Waals surface area (Å²) >= 11 is 0. The summed E-state index contributed by atoms with van der Waals surface area (Å²) in [5.41, 5.74) is 2.31. The van der Waals surface area contributed by atoms with Crippen LogP contribution in [0.25, 0.3) is 10.8 Å². The standard InChI is InChI=1S/C17H15FN2/c18-17-5-2-13(3-6-17)10-20-11-14-1-4-16-12-19-8-7-15(16)9-14/h1-9,12,20H,10-11H2. The third-order valence-corrected chi connectivity index (χ3v) is 3.28. The number of halogens is 1. The predicted octanol–water partition coefficient (Wildman–Crippen LogP) is 3.66. The third-order valence-electron chi connectivity index (χ3n) is 3.28. The highest BCUT2D eigenvalue weighted by molar-refractivity contribution is 5.81. The van der Waals surface area contributed by atoms with Crippen LogP contribution in [0.4, 0.5) is 4.39 Å². The molecule has 0 aliphatic carbocycles. The van der Waals surface area contributed by atoms with Crippen LogP contribution in [0.3, 0.4) is 0 Å². The number of aromatic nitrogens is 1. The summed E-state index contributed by atoms with van der Waals surface area (Å²) in [6.45, 7) is 1.52. The van der Waals surface area contributed by atoms with Crippen molar-refractivity contribution in [2.24, 2.45) is 0 Å². The Morgan fingerprint density at radius 1 is 0.850 bits per heavy atom. The molecule has 0 amide bonds. The minimum Gasteiger partial charge on any atom is -0.309 e. The quantitative estimate of drug-likeness (QED) is 0.779. The van der Waals surface area contributed by atoms with Crippen molar-refractivity contribution in [3.05, 3.63) is 77.9 Å². The van der Waals surface area contributed by atoms with Crippen molar-refractivity contribution in [1.82, 2.24) is 10.3 Å². The van der Waals surface area contributed by atoms with E-state index in [0.29, 0.717) is 0 Å². The molecule has 0 spiro atoms. The average molecular weight is 266 g/mol. The van der Waals surface area contributed by atoms with Crippen molar-refractivity contribution in [2.45, 2.75) is 13.1 Å². The van der Waals surface area contributed by atoms with Gasteiger partial charge in [0.1, 0.15) is 5.82 Å².